The highest BCUT2D eigenvalue weighted by molar-refractivity contribution is 7.97. The first kappa shape index (κ1) is 21.8. The molecule has 5 nitrogen and oxygen atoms in total. The normalized spacial score (nSPS) is 14.8. The molecule has 0 radical (unpaired) electrons. The quantitative estimate of drug-likeness (QED) is 0.601. The minimum Gasteiger partial charge on any atom is -0.321 e. The third-order valence-corrected chi connectivity index (χ3v) is 7.63. The summed E-state index contributed by atoms with van der Waals surface area (Å²) in [6.07, 6.45) is 0. The van der Waals surface area contributed by atoms with Crippen LogP contribution in [0.3, 0.4) is 0 Å². The molecule has 0 aliphatic carbocycles. The van der Waals surface area contributed by atoms with Crippen molar-refractivity contribution in [3.63, 3.8) is 0 Å². The maximum absolute atomic E-state index is 13.8. The van der Waals surface area contributed by atoms with E-state index in [9.17, 15) is 13.2 Å². The number of fused-ring (bicyclic) bond motifs is 1. The molecule has 0 spiro atoms. The van der Waals surface area contributed by atoms with E-state index in [1.165, 1.54) is 4.31 Å². The van der Waals surface area contributed by atoms with E-state index in [0.717, 1.165) is 22.3 Å². The standard InChI is InChI=1S/C26H26N2O3S/c1-5-28-22-14-10-9-13-21(22)23(20-11-7-6-8-12-20)25(32(28,30)31)26(29)27-24-18(3)15-17(2)16-19(24)4/h6-16H,5H2,1-4H3,(H,27,29). The minimum atomic E-state index is -4.08. The largest absolute Gasteiger partial charge is 0.321 e. The molecule has 1 aliphatic rings. The van der Waals surface area contributed by atoms with E-state index >= 15 is 0 Å². The maximum atomic E-state index is 13.8. The first-order chi connectivity index (χ1) is 15.3. The van der Waals surface area contributed by atoms with E-state index in [1.807, 2.05) is 81.4 Å². The number of nitrogens with one attached hydrogen (secondary N) is 1. The van der Waals surface area contributed by atoms with Crippen molar-refractivity contribution in [3.05, 3.63) is 99.5 Å². The zero-order valence-corrected chi connectivity index (χ0v) is 19.5. The molecule has 1 amide bonds. The van der Waals surface area contributed by atoms with E-state index in [0.29, 0.717) is 22.5 Å². The van der Waals surface area contributed by atoms with Gasteiger partial charge in [-0.2, -0.15) is 0 Å². The summed E-state index contributed by atoms with van der Waals surface area (Å²) in [7, 11) is -4.08. The Labute approximate surface area is 189 Å². The summed E-state index contributed by atoms with van der Waals surface area (Å²) >= 11 is 0. The Balaban J connectivity index is 1.99. The minimum absolute atomic E-state index is 0.223. The van der Waals surface area contributed by atoms with Crippen LogP contribution >= 0.6 is 0 Å². The number of benzene rings is 3. The van der Waals surface area contributed by atoms with Gasteiger partial charge in [0.25, 0.3) is 15.9 Å². The molecular formula is C26H26N2O3S. The van der Waals surface area contributed by atoms with Gasteiger partial charge in [0.15, 0.2) is 4.91 Å². The lowest BCUT2D eigenvalue weighted by atomic mass is 9.95. The first-order valence-electron chi connectivity index (χ1n) is 10.6. The predicted molar refractivity (Wildman–Crippen MR) is 130 cm³/mol. The fraction of sp³-hybridized carbons (Fsp3) is 0.192. The Kier molecular flexibility index (Phi) is 5.65. The second-order valence-corrected chi connectivity index (χ2v) is 9.78. The van der Waals surface area contributed by atoms with Gasteiger partial charge in [0.05, 0.1) is 5.69 Å². The molecule has 3 aromatic carbocycles. The number of sulfonamides is 1. The molecular weight excluding hydrogens is 420 g/mol. The zero-order chi connectivity index (χ0) is 23.0. The van der Waals surface area contributed by atoms with Crippen LogP contribution in [-0.4, -0.2) is 20.9 Å². The van der Waals surface area contributed by atoms with Crippen LogP contribution in [0.15, 0.2) is 71.6 Å². The van der Waals surface area contributed by atoms with Gasteiger partial charge in [0.1, 0.15) is 0 Å². The van der Waals surface area contributed by atoms with Gasteiger partial charge in [0.2, 0.25) is 0 Å². The van der Waals surface area contributed by atoms with Crippen LogP contribution in [0.25, 0.3) is 5.57 Å². The van der Waals surface area contributed by atoms with Gasteiger partial charge >= 0.3 is 0 Å². The molecule has 6 heteroatoms. The number of hydrogen-bond donors (Lipinski definition) is 1. The highest BCUT2D eigenvalue weighted by atomic mass is 32.2. The number of carbonyl (C=O) groups excluding carboxylic acids is 1. The van der Waals surface area contributed by atoms with Crippen molar-refractivity contribution in [1.29, 1.82) is 0 Å². The monoisotopic (exact) mass is 446 g/mol. The summed E-state index contributed by atoms with van der Waals surface area (Å²) in [5.41, 5.74) is 5.90. The van der Waals surface area contributed by atoms with Crippen molar-refractivity contribution in [2.24, 2.45) is 0 Å². The molecule has 164 valence electrons. The Morgan fingerprint density at radius 1 is 0.906 bits per heavy atom. The van der Waals surface area contributed by atoms with Gasteiger partial charge in [-0.3, -0.25) is 9.10 Å². The van der Waals surface area contributed by atoms with Crippen molar-refractivity contribution in [2.75, 3.05) is 16.2 Å². The number of para-hydroxylation sites is 1. The number of carbonyl (C=O) groups is 1. The summed E-state index contributed by atoms with van der Waals surface area (Å²) in [5, 5.41) is 2.90. The third-order valence-electron chi connectivity index (χ3n) is 5.69. The summed E-state index contributed by atoms with van der Waals surface area (Å²) in [6.45, 7) is 7.80. The van der Waals surface area contributed by atoms with Crippen LogP contribution in [-0.2, 0) is 14.8 Å². The number of hydrogen-bond acceptors (Lipinski definition) is 3. The van der Waals surface area contributed by atoms with Crippen molar-refractivity contribution in [3.8, 4) is 0 Å². The predicted octanol–water partition coefficient (Wildman–Crippen LogP) is 5.18. The average molecular weight is 447 g/mol. The molecule has 1 N–H and O–H groups in total. The molecule has 4 rings (SSSR count). The average Bonchev–Trinajstić information content (AvgIpc) is 2.75. The van der Waals surface area contributed by atoms with Crippen molar-refractivity contribution in [2.45, 2.75) is 27.7 Å². The van der Waals surface area contributed by atoms with Gasteiger partial charge in [-0.15, -0.1) is 0 Å². The van der Waals surface area contributed by atoms with Gasteiger partial charge in [-0.25, -0.2) is 8.42 Å². The van der Waals surface area contributed by atoms with Gasteiger partial charge in [0, 0.05) is 23.4 Å². The molecule has 0 saturated heterocycles. The molecule has 1 aliphatic heterocycles. The van der Waals surface area contributed by atoms with Crippen LogP contribution in [0.2, 0.25) is 0 Å². The molecule has 0 aromatic heterocycles. The summed E-state index contributed by atoms with van der Waals surface area (Å²) in [5.74, 6) is -0.633. The number of aryl methyl sites for hydroxylation is 3. The lowest BCUT2D eigenvalue weighted by Gasteiger charge is -2.32. The lowest BCUT2D eigenvalue weighted by Crippen LogP contribution is -2.39. The van der Waals surface area contributed by atoms with E-state index in [2.05, 4.69) is 5.32 Å². The van der Waals surface area contributed by atoms with E-state index in [-0.39, 0.29) is 11.4 Å². The zero-order valence-electron chi connectivity index (χ0n) is 18.6. The number of anilines is 2. The summed E-state index contributed by atoms with van der Waals surface area (Å²) in [4.78, 5) is 13.4. The Hall–Kier alpha value is -3.38. The highest BCUT2D eigenvalue weighted by Crippen LogP contribution is 2.43. The number of rotatable bonds is 4. The fourth-order valence-corrected chi connectivity index (χ4v) is 6.15. The van der Waals surface area contributed by atoms with E-state index in [1.54, 1.807) is 13.0 Å². The number of amides is 1. The highest BCUT2D eigenvalue weighted by Gasteiger charge is 2.40. The van der Waals surface area contributed by atoms with E-state index in [4.69, 9.17) is 0 Å². The Bertz CT molecular complexity index is 1320. The van der Waals surface area contributed by atoms with Gasteiger partial charge in [-0.05, 0) is 50.5 Å². The molecule has 0 unspecified atom stereocenters. The summed E-state index contributed by atoms with van der Waals surface area (Å²) < 4.78 is 28.8. The summed E-state index contributed by atoms with van der Waals surface area (Å²) in [6, 6.07) is 20.5. The van der Waals surface area contributed by atoms with Crippen LogP contribution in [0, 0.1) is 20.8 Å². The van der Waals surface area contributed by atoms with Crippen LogP contribution in [0.4, 0.5) is 11.4 Å². The van der Waals surface area contributed by atoms with Crippen LogP contribution in [0.1, 0.15) is 34.7 Å². The molecule has 32 heavy (non-hydrogen) atoms. The molecule has 3 aromatic rings. The van der Waals surface area contributed by atoms with Crippen molar-refractivity contribution < 1.29 is 13.2 Å². The molecule has 0 fully saturated rings. The second-order valence-electron chi connectivity index (χ2n) is 7.98. The van der Waals surface area contributed by atoms with Crippen LogP contribution < -0.4 is 9.62 Å². The molecule has 0 atom stereocenters. The lowest BCUT2D eigenvalue weighted by molar-refractivity contribution is -0.112. The smallest absolute Gasteiger partial charge is 0.270 e. The first-order valence-corrected chi connectivity index (χ1v) is 12.0. The van der Waals surface area contributed by atoms with Gasteiger partial charge in [-0.1, -0.05) is 66.2 Å². The molecule has 1 heterocycles. The molecule has 0 saturated carbocycles. The van der Waals surface area contributed by atoms with Crippen molar-refractivity contribution >= 4 is 32.9 Å². The number of nitrogens with zero attached hydrogens (tertiary/aromatic N) is 1. The van der Waals surface area contributed by atoms with Gasteiger partial charge < -0.3 is 5.32 Å². The topological polar surface area (TPSA) is 66.5 Å². The second kappa shape index (κ2) is 8.28. The molecule has 0 bridgehead atoms. The van der Waals surface area contributed by atoms with E-state index < -0.39 is 15.9 Å². The van der Waals surface area contributed by atoms with Crippen molar-refractivity contribution in [1.82, 2.24) is 0 Å². The fourth-order valence-electron chi connectivity index (χ4n) is 4.40. The third kappa shape index (κ3) is 3.60. The maximum Gasteiger partial charge on any atom is 0.270 e. The Morgan fingerprint density at radius 2 is 1.50 bits per heavy atom. The Morgan fingerprint density at radius 3 is 2.12 bits per heavy atom. The van der Waals surface area contributed by atoms with Crippen LogP contribution in [0.5, 0.6) is 0 Å². The SMILES string of the molecule is CCN1c2ccccc2C(c2ccccc2)=C(C(=O)Nc2c(C)cc(C)cc2C)S1(=O)=O.